The maximum absolute atomic E-state index is 12.5. The molecular weight excluding hydrogens is 1630 g/mol. The van der Waals surface area contributed by atoms with E-state index in [9.17, 15) is 4.79 Å². The van der Waals surface area contributed by atoms with Crippen molar-refractivity contribution < 1.29 is 23.4 Å². The van der Waals surface area contributed by atoms with Crippen LogP contribution in [0.5, 0.6) is 11.5 Å². The number of aromatic amines is 4. The fourth-order valence-corrected chi connectivity index (χ4v) is 15.7. The summed E-state index contributed by atoms with van der Waals surface area (Å²) >= 11 is 0. The van der Waals surface area contributed by atoms with E-state index in [1.165, 1.54) is 57.9 Å². The van der Waals surface area contributed by atoms with Crippen LogP contribution >= 0.6 is 0 Å². The van der Waals surface area contributed by atoms with Crippen LogP contribution in [0.15, 0.2) is 261 Å². The smallest absolute Gasteiger partial charge is 0.251 e. The molecule has 1 saturated heterocycles. The quantitative estimate of drug-likeness (QED) is 0.0446. The number of ether oxygens (including phenoxy) is 3. The Morgan fingerprint density at radius 1 is 0.454 bits per heavy atom. The van der Waals surface area contributed by atoms with Crippen LogP contribution in [0.4, 0.5) is 0 Å². The summed E-state index contributed by atoms with van der Waals surface area (Å²) in [4.78, 5) is 58.1. The number of hydrogen-bond acceptors (Lipinski definition) is 22. The van der Waals surface area contributed by atoms with E-state index in [0.717, 1.165) is 212 Å². The number of amides is 1. The van der Waals surface area contributed by atoms with Crippen molar-refractivity contribution in [3.63, 3.8) is 0 Å². The normalized spacial score (nSPS) is 14.0. The fraction of sp³-hybridized carbons (Fsp3) is 0.262. The molecular formula is C103H104N22O5. The van der Waals surface area contributed by atoms with E-state index in [1.54, 1.807) is 6.92 Å². The Morgan fingerprint density at radius 2 is 0.877 bits per heavy atom. The molecule has 27 nitrogen and oxygen atoms in total. The summed E-state index contributed by atoms with van der Waals surface area (Å²) in [5, 5.41) is 39.1. The Morgan fingerprint density at radius 3 is 1.32 bits per heavy atom. The summed E-state index contributed by atoms with van der Waals surface area (Å²) in [6.07, 6.45) is 5.55. The average molecular weight is 1730 g/mol. The second-order valence-corrected chi connectivity index (χ2v) is 34.6. The van der Waals surface area contributed by atoms with Gasteiger partial charge in [0.1, 0.15) is 49.5 Å². The summed E-state index contributed by atoms with van der Waals surface area (Å²) in [5.74, 6) is 6.73. The van der Waals surface area contributed by atoms with Gasteiger partial charge in [-0.3, -0.25) is 55.1 Å². The van der Waals surface area contributed by atoms with Crippen molar-refractivity contribution in [1.82, 2.24) is 86.0 Å². The average Bonchev–Trinajstić information content (AvgIpc) is 1.65. The van der Waals surface area contributed by atoms with Crippen LogP contribution in [0.2, 0.25) is 0 Å². The molecule has 1 amide bonds. The summed E-state index contributed by atoms with van der Waals surface area (Å²) in [7, 11) is 4.07. The summed E-state index contributed by atoms with van der Waals surface area (Å²) < 4.78 is 22.7. The molecule has 0 bridgehead atoms. The van der Waals surface area contributed by atoms with E-state index in [0.29, 0.717) is 50.2 Å². The van der Waals surface area contributed by atoms with Crippen molar-refractivity contribution in [3.8, 4) is 68.5 Å². The number of fused-ring (bicyclic) bond motifs is 5. The maximum Gasteiger partial charge on any atom is 0.251 e. The number of likely N-dealkylation sites (N-methyl/N-ethyl adjacent to an activating group) is 1. The Balaban J connectivity index is 0.000000114. The monoisotopic (exact) mass is 1730 g/mol. The standard InChI is InChI=1S/C22H23N5O2.C22H24N4.C21H21N5O.C20H21N5O.C18H15N3O/c1-2-16(12-19(3-1)29-11-8-27-6-9-28-10-7-27)21-20-13-17(22-24-15-25-26-22)4-5-18(20)14-23-21;1-5-22(3,4)21-24-20(25-26-21)16-10-11-17-13-23-19(18(17)12-16)15-8-6-14(2)7-9-15;1-21(2,3)25-20(27)15-6-4-5-13(9-15)18-17-10-14(19-23-12-24-26-19)7-8-16(17)11-22-18;1-25(2)9-10-26-17-7-5-14(6-8-17)19-18-11-15(20-22-13-23-24-20)3-4-16(18)12-21-19;1-11-3-5-13(6-4-11)17-16-9-14(7-8-15(16)10-19-17)18-21-20-12(2)22-18/h1-5,12-13,15H,6-11,14H2,(H,24,25,26);6-12H,5,13H2,1-4H3,(H,24,25,26);4-10,12H,11H2,1-3H3,(H,25,27)(H,23,24,26);3-8,11,13H,9-10,12H2,1-2H3,(H,22,23,24);3-9H,10H2,1-2H3. The number of carbonyl (C=O) groups is 1. The van der Waals surface area contributed by atoms with Crippen LogP contribution in [0.3, 0.4) is 0 Å². The van der Waals surface area contributed by atoms with E-state index in [2.05, 4.69) is 267 Å². The first kappa shape index (κ1) is 87.3. The van der Waals surface area contributed by atoms with Crippen LogP contribution in [0, 0.1) is 20.8 Å². The van der Waals surface area contributed by atoms with Crippen LogP contribution in [0.1, 0.15) is 165 Å². The van der Waals surface area contributed by atoms with Gasteiger partial charge in [0.2, 0.25) is 11.8 Å². The topological polar surface area (TPSA) is 330 Å². The predicted octanol–water partition coefficient (Wildman–Crippen LogP) is 17.2. The number of aliphatic imine (C=N–C) groups is 5. The van der Waals surface area contributed by atoms with Gasteiger partial charge in [0.25, 0.3) is 5.91 Å². The van der Waals surface area contributed by atoms with Gasteiger partial charge in [-0.05, 0) is 168 Å². The van der Waals surface area contributed by atoms with Gasteiger partial charge in [0.15, 0.2) is 23.3 Å². The molecule has 1 fully saturated rings. The largest absolute Gasteiger partial charge is 0.492 e. The second-order valence-electron chi connectivity index (χ2n) is 34.6. The van der Waals surface area contributed by atoms with Crippen molar-refractivity contribution in [3.05, 3.63) is 343 Å². The molecule has 656 valence electrons. The van der Waals surface area contributed by atoms with Crippen molar-refractivity contribution in [2.45, 2.75) is 112 Å². The predicted molar refractivity (Wildman–Crippen MR) is 507 cm³/mol. The minimum Gasteiger partial charge on any atom is -0.492 e. The molecule has 6 aliphatic rings. The van der Waals surface area contributed by atoms with Gasteiger partial charge < -0.3 is 28.8 Å². The molecule has 21 rings (SSSR count). The highest BCUT2D eigenvalue weighted by atomic mass is 16.5. The van der Waals surface area contributed by atoms with Crippen LogP contribution < -0.4 is 14.8 Å². The highest BCUT2D eigenvalue weighted by Crippen LogP contribution is 2.36. The lowest BCUT2D eigenvalue weighted by atomic mass is 9.89. The Hall–Kier alpha value is -14.8. The molecule has 15 aromatic rings. The molecule has 10 aromatic carbocycles. The van der Waals surface area contributed by atoms with Gasteiger partial charge in [-0.15, -0.1) is 10.2 Å². The van der Waals surface area contributed by atoms with Gasteiger partial charge in [-0.2, -0.15) is 20.4 Å². The second kappa shape index (κ2) is 39.2. The molecule has 6 aliphatic heterocycles. The van der Waals surface area contributed by atoms with Crippen LogP contribution in [-0.4, -0.2) is 187 Å². The Labute approximate surface area is 755 Å². The molecule has 27 heteroatoms. The van der Waals surface area contributed by atoms with E-state index < -0.39 is 0 Å². The third-order valence-electron chi connectivity index (χ3n) is 23.3. The maximum atomic E-state index is 12.5. The lowest BCUT2D eigenvalue weighted by Crippen LogP contribution is -2.40. The van der Waals surface area contributed by atoms with Gasteiger partial charge in [0, 0.05) is 133 Å². The zero-order valence-corrected chi connectivity index (χ0v) is 75.0. The molecule has 0 atom stereocenters. The van der Waals surface area contributed by atoms with Crippen molar-refractivity contribution in [2.75, 3.05) is 66.7 Å². The van der Waals surface area contributed by atoms with E-state index in [4.69, 9.17) is 48.6 Å². The van der Waals surface area contributed by atoms with E-state index >= 15 is 0 Å². The molecule has 130 heavy (non-hydrogen) atoms. The Bertz CT molecular complexity index is 6670. The van der Waals surface area contributed by atoms with E-state index in [1.807, 2.05) is 95.5 Å². The highest BCUT2D eigenvalue weighted by Gasteiger charge is 2.29. The zero-order chi connectivity index (χ0) is 89.8. The number of benzene rings is 10. The lowest BCUT2D eigenvalue weighted by Gasteiger charge is -2.26. The minimum absolute atomic E-state index is 0.00348. The number of H-pyrrole nitrogens is 4. The van der Waals surface area contributed by atoms with Crippen LogP contribution in [-0.2, 0) is 42.9 Å². The molecule has 0 aliphatic carbocycles. The molecule has 5 aromatic heterocycles. The Kier molecular flexibility index (Phi) is 26.3. The first-order valence-electron chi connectivity index (χ1n) is 43.8. The zero-order valence-electron chi connectivity index (χ0n) is 75.0. The van der Waals surface area contributed by atoms with Crippen molar-refractivity contribution >= 4 is 34.5 Å². The summed E-state index contributed by atoms with van der Waals surface area (Å²) in [6.45, 7) is 28.7. The van der Waals surface area contributed by atoms with Crippen molar-refractivity contribution in [1.29, 1.82) is 0 Å². The number of aromatic nitrogens is 14. The summed E-state index contributed by atoms with van der Waals surface area (Å²) in [6, 6.07) is 72.4. The first-order valence-corrected chi connectivity index (χ1v) is 43.8. The number of nitrogens with zero attached hydrogens (tertiary/aromatic N) is 17. The van der Waals surface area contributed by atoms with Crippen LogP contribution in [0.25, 0.3) is 57.0 Å². The lowest BCUT2D eigenvalue weighted by molar-refractivity contribution is 0.0322. The van der Waals surface area contributed by atoms with Gasteiger partial charge in [-0.1, -0.05) is 159 Å². The SMILES string of the molecule is CC(C)(C)NC(=O)c1cccc(C2=NCc3ccc(-c4ncn[nH]4)cc32)c1.CCC(C)(C)c1nc(-c2ccc3c(c2)C(c2ccc(C)cc2)=NC3)n[nH]1.CN(C)CCOc1ccc(C2=NCc3ccc(-c4ncn[nH]4)cc32)cc1.Cc1ccc(C2=NCc3ccc(-c4nnc(C)o4)cc32)cc1.c1cc(OCCN2CCOCC2)cc(C2=NCc3ccc(-c4ncn[nH]4)cc32)c1. The molecule has 5 N–H and O–H groups in total. The molecule has 0 saturated carbocycles. The first-order chi connectivity index (χ1) is 63.2. The third kappa shape index (κ3) is 20.7. The molecule has 0 radical (unpaired) electrons. The number of morpholine rings is 1. The molecule has 0 spiro atoms. The van der Waals surface area contributed by atoms with Gasteiger partial charge >= 0.3 is 0 Å². The number of carbonyl (C=O) groups excluding carboxylic acids is 1. The van der Waals surface area contributed by atoms with E-state index in [-0.39, 0.29) is 16.9 Å². The summed E-state index contributed by atoms with van der Waals surface area (Å²) in [5.41, 5.74) is 30.0. The number of aryl methyl sites for hydroxylation is 3. The fourth-order valence-electron chi connectivity index (χ4n) is 15.7. The number of nitrogens with one attached hydrogen (secondary N) is 5. The van der Waals surface area contributed by atoms with Gasteiger partial charge in [-0.25, -0.2) is 19.9 Å². The molecule has 0 unspecified atom stereocenters. The molecule has 11 heterocycles. The minimum atomic E-state index is -0.281. The van der Waals surface area contributed by atoms with Gasteiger partial charge in [0.05, 0.1) is 74.5 Å². The highest BCUT2D eigenvalue weighted by molar-refractivity contribution is 6.19. The number of rotatable bonds is 21. The number of hydrogen-bond donors (Lipinski definition) is 5. The van der Waals surface area contributed by atoms with Crippen molar-refractivity contribution in [2.24, 2.45) is 25.0 Å². The third-order valence-corrected chi connectivity index (χ3v) is 23.3.